The van der Waals surface area contributed by atoms with Gasteiger partial charge < -0.3 is 9.88 Å². The normalized spacial score (nSPS) is 15.0. The second-order valence-electron chi connectivity index (χ2n) is 8.52. The lowest BCUT2D eigenvalue weighted by molar-refractivity contribution is 0.0711. The maximum absolute atomic E-state index is 13.4. The van der Waals surface area contributed by atoms with Crippen molar-refractivity contribution in [3.8, 4) is 0 Å². The fraction of sp³-hybridized carbons (Fsp3) is 0.435. The van der Waals surface area contributed by atoms with Crippen LogP contribution in [-0.2, 0) is 6.54 Å². The van der Waals surface area contributed by atoms with Crippen molar-refractivity contribution in [1.82, 2.24) is 34.0 Å². The van der Waals surface area contributed by atoms with Crippen molar-refractivity contribution >= 4 is 38.8 Å². The summed E-state index contributed by atoms with van der Waals surface area (Å²) in [6.45, 7) is 4.12. The van der Waals surface area contributed by atoms with Gasteiger partial charge in [0.15, 0.2) is 15.9 Å². The van der Waals surface area contributed by atoms with Crippen LogP contribution >= 0.6 is 15.9 Å². The van der Waals surface area contributed by atoms with Crippen LogP contribution in [0.25, 0.3) is 16.9 Å². The van der Waals surface area contributed by atoms with E-state index in [1.807, 2.05) is 39.8 Å². The third-order valence-corrected chi connectivity index (χ3v) is 6.77. The Morgan fingerprint density at radius 2 is 1.91 bits per heavy atom. The Morgan fingerprint density at radius 3 is 2.64 bits per heavy atom. The monoisotopic (exact) mass is 511 g/mol. The molecule has 1 aliphatic rings. The SMILES string of the molecule is CCCCCn1c2nc(Br)[nH]c2c(=O)n2c(C3CCN(C(=O)c4ccccc4)CC3)nnc12. The van der Waals surface area contributed by atoms with Crippen LogP contribution in [0.4, 0.5) is 0 Å². The smallest absolute Gasteiger partial charge is 0.286 e. The van der Waals surface area contributed by atoms with Gasteiger partial charge in [-0.05, 0) is 47.3 Å². The number of unbranched alkanes of at least 4 members (excludes halogenated alkanes) is 2. The lowest BCUT2D eigenvalue weighted by Gasteiger charge is -2.31. The van der Waals surface area contributed by atoms with Crippen LogP contribution in [0.1, 0.15) is 61.1 Å². The van der Waals surface area contributed by atoms with Gasteiger partial charge >= 0.3 is 0 Å². The number of aromatic amines is 1. The lowest BCUT2D eigenvalue weighted by Crippen LogP contribution is -2.38. The van der Waals surface area contributed by atoms with Crippen LogP contribution in [0, 0.1) is 0 Å². The standard InChI is InChI=1S/C23H26BrN7O2/c1-2-3-7-12-30-19-17(25-22(24)26-19)21(33)31-18(27-28-23(30)31)15-10-13-29(14-11-15)20(32)16-8-5-4-6-9-16/h4-6,8-9,15H,2-3,7,10-14H2,1H3,(H,25,26). The Bertz CT molecular complexity index is 1350. The molecule has 0 radical (unpaired) electrons. The first-order chi connectivity index (χ1) is 16.1. The molecular weight excluding hydrogens is 486 g/mol. The predicted molar refractivity (Wildman–Crippen MR) is 128 cm³/mol. The molecule has 5 rings (SSSR count). The summed E-state index contributed by atoms with van der Waals surface area (Å²) >= 11 is 3.37. The van der Waals surface area contributed by atoms with Crippen LogP contribution in [0.2, 0.25) is 0 Å². The number of halogens is 1. The molecule has 1 saturated heterocycles. The number of nitrogens with zero attached hydrogens (tertiary/aromatic N) is 6. The van der Waals surface area contributed by atoms with E-state index in [-0.39, 0.29) is 17.4 Å². The zero-order valence-electron chi connectivity index (χ0n) is 18.5. The van der Waals surface area contributed by atoms with E-state index in [4.69, 9.17) is 0 Å². The molecule has 0 unspecified atom stereocenters. The van der Waals surface area contributed by atoms with Crippen molar-refractivity contribution in [2.45, 2.75) is 51.5 Å². The van der Waals surface area contributed by atoms with Gasteiger partial charge in [0.25, 0.3) is 11.5 Å². The number of amides is 1. The molecule has 0 atom stereocenters. The van der Waals surface area contributed by atoms with Crippen LogP contribution in [0.15, 0.2) is 39.9 Å². The molecule has 1 amide bonds. The zero-order valence-corrected chi connectivity index (χ0v) is 20.1. The quantitative estimate of drug-likeness (QED) is 0.313. The molecule has 0 bridgehead atoms. The highest BCUT2D eigenvalue weighted by Gasteiger charge is 2.29. The maximum Gasteiger partial charge on any atom is 0.286 e. The van der Waals surface area contributed by atoms with E-state index >= 15 is 0 Å². The number of carbonyl (C=O) groups is 1. The Balaban J connectivity index is 1.46. The van der Waals surface area contributed by atoms with Crippen molar-refractivity contribution in [1.29, 1.82) is 0 Å². The van der Waals surface area contributed by atoms with Gasteiger partial charge in [0, 0.05) is 31.1 Å². The first-order valence-electron chi connectivity index (χ1n) is 11.5. The number of aromatic nitrogens is 6. The molecule has 1 fully saturated rings. The highest BCUT2D eigenvalue weighted by atomic mass is 79.9. The van der Waals surface area contributed by atoms with Crippen molar-refractivity contribution in [3.63, 3.8) is 0 Å². The minimum Gasteiger partial charge on any atom is -0.339 e. The fourth-order valence-electron chi connectivity index (χ4n) is 4.64. The van der Waals surface area contributed by atoms with E-state index in [0.717, 1.165) is 32.1 Å². The number of nitrogens with one attached hydrogen (secondary N) is 1. The van der Waals surface area contributed by atoms with E-state index in [1.54, 1.807) is 4.40 Å². The van der Waals surface area contributed by atoms with Crippen molar-refractivity contribution in [3.05, 3.63) is 56.8 Å². The Hall–Kier alpha value is -3.01. The number of rotatable bonds is 6. The molecule has 10 heteroatoms. The second-order valence-corrected chi connectivity index (χ2v) is 9.27. The average molecular weight is 512 g/mol. The summed E-state index contributed by atoms with van der Waals surface area (Å²) in [5.74, 6) is 1.29. The Morgan fingerprint density at radius 1 is 1.15 bits per heavy atom. The van der Waals surface area contributed by atoms with Gasteiger partial charge in [-0.25, -0.2) is 9.38 Å². The number of imidazole rings is 1. The number of H-pyrrole nitrogens is 1. The summed E-state index contributed by atoms with van der Waals surface area (Å²) in [6, 6.07) is 9.35. The highest BCUT2D eigenvalue weighted by molar-refractivity contribution is 9.10. The Kier molecular flexibility index (Phi) is 6.01. The summed E-state index contributed by atoms with van der Waals surface area (Å²) in [5, 5.41) is 8.88. The molecule has 3 aromatic heterocycles. The van der Waals surface area contributed by atoms with Crippen LogP contribution < -0.4 is 5.56 Å². The Labute approximate surface area is 199 Å². The number of carbonyl (C=O) groups excluding carboxylic acids is 1. The zero-order chi connectivity index (χ0) is 22.9. The number of benzene rings is 1. The average Bonchev–Trinajstić information content (AvgIpc) is 3.46. The molecule has 0 spiro atoms. The van der Waals surface area contributed by atoms with Gasteiger partial charge in [-0.1, -0.05) is 38.0 Å². The highest BCUT2D eigenvalue weighted by Crippen LogP contribution is 2.28. The molecule has 0 aliphatic carbocycles. The number of aryl methyl sites for hydroxylation is 1. The minimum atomic E-state index is -0.187. The van der Waals surface area contributed by atoms with E-state index < -0.39 is 0 Å². The number of hydrogen-bond acceptors (Lipinski definition) is 5. The van der Waals surface area contributed by atoms with E-state index in [2.05, 4.69) is 43.0 Å². The van der Waals surface area contributed by atoms with Crippen molar-refractivity contribution < 1.29 is 4.79 Å². The summed E-state index contributed by atoms with van der Waals surface area (Å²) in [7, 11) is 0. The van der Waals surface area contributed by atoms with Crippen molar-refractivity contribution in [2.75, 3.05) is 13.1 Å². The first kappa shape index (κ1) is 21.8. The van der Waals surface area contributed by atoms with Crippen LogP contribution in [-0.4, -0.2) is 53.0 Å². The second kappa shape index (κ2) is 9.09. The van der Waals surface area contributed by atoms with Crippen LogP contribution in [0.3, 0.4) is 0 Å². The summed E-state index contributed by atoms with van der Waals surface area (Å²) in [4.78, 5) is 35.6. The van der Waals surface area contributed by atoms with Gasteiger partial charge in [0.1, 0.15) is 5.82 Å². The third kappa shape index (κ3) is 3.96. The van der Waals surface area contributed by atoms with E-state index in [1.165, 1.54) is 0 Å². The number of hydrogen-bond donors (Lipinski definition) is 1. The first-order valence-corrected chi connectivity index (χ1v) is 12.2. The lowest BCUT2D eigenvalue weighted by atomic mass is 9.95. The number of fused-ring (bicyclic) bond motifs is 2. The van der Waals surface area contributed by atoms with Gasteiger partial charge in [0.05, 0.1) is 0 Å². The van der Waals surface area contributed by atoms with Crippen molar-refractivity contribution in [2.24, 2.45) is 0 Å². The molecule has 9 nitrogen and oxygen atoms in total. The summed E-state index contributed by atoms with van der Waals surface area (Å²) in [5.41, 5.74) is 1.56. The number of likely N-dealkylation sites (tertiary alicyclic amines) is 1. The molecule has 1 N–H and O–H groups in total. The predicted octanol–water partition coefficient (Wildman–Crippen LogP) is 3.74. The molecule has 172 valence electrons. The third-order valence-electron chi connectivity index (χ3n) is 6.39. The van der Waals surface area contributed by atoms with Gasteiger partial charge in [-0.15, -0.1) is 10.2 Å². The van der Waals surface area contributed by atoms with Gasteiger partial charge in [-0.2, -0.15) is 0 Å². The topological polar surface area (TPSA) is 101 Å². The van der Waals surface area contributed by atoms with Crippen LogP contribution in [0.5, 0.6) is 0 Å². The minimum absolute atomic E-state index is 0.0439. The largest absolute Gasteiger partial charge is 0.339 e. The molecule has 0 saturated carbocycles. The van der Waals surface area contributed by atoms with Gasteiger partial charge in [0.2, 0.25) is 5.78 Å². The molecule has 33 heavy (non-hydrogen) atoms. The van der Waals surface area contributed by atoms with E-state index in [0.29, 0.717) is 52.7 Å². The molecule has 1 aliphatic heterocycles. The molecule has 1 aromatic carbocycles. The molecule has 4 heterocycles. The molecule has 4 aromatic rings. The van der Waals surface area contributed by atoms with E-state index in [9.17, 15) is 9.59 Å². The summed E-state index contributed by atoms with van der Waals surface area (Å²) in [6.07, 6.45) is 4.62. The maximum atomic E-state index is 13.4. The summed E-state index contributed by atoms with van der Waals surface area (Å²) < 4.78 is 4.14. The number of piperidine rings is 1. The molecular formula is C23H26BrN7O2. The van der Waals surface area contributed by atoms with Gasteiger partial charge in [-0.3, -0.25) is 14.2 Å². The fourth-order valence-corrected chi connectivity index (χ4v) is 5.00.